The molecule has 1 N–H and O–H groups in total. The van der Waals surface area contributed by atoms with E-state index < -0.39 is 6.10 Å². The van der Waals surface area contributed by atoms with E-state index in [1.165, 1.54) is 6.07 Å². The second kappa shape index (κ2) is 5.49. The number of halogens is 1. The van der Waals surface area contributed by atoms with Crippen LogP contribution in [0.1, 0.15) is 32.4 Å². The molecule has 1 saturated heterocycles. The maximum Gasteiger partial charge on any atom is 0.131 e. The highest BCUT2D eigenvalue weighted by atomic mass is 32.2. The number of hydrogen-bond acceptors (Lipinski definition) is 3. The molecule has 0 spiro atoms. The summed E-state index contributed by atoms with van der Waals surface area (Å²) < 4.78 is 13.9. The molecule has 0 radical (unpaired) electrons. The van der Waals surface area contributed by atoms with E-state index in [1.54, 1.807) is 13.0 Å². The van der Waals surface area contributed by atoms with Gasteiger partial charge in [0.2, 0.25) is 0 Å². The van der Waals surface area contributed by atoms with Crippen LogP contribution in [0.3, 0.4) is 0 Å². The summed E-state index contributed by atoms with van der Waals surface area (Å²) >= 11 is 1.95. The van der Waals surface area contributed by atoms with Crippen LogP contribution in [-0.4, -0.2) is 28.7 Å². The van der Waals surface area contributed by atoms with E-state index in [9.17, 15) is 9.50 Å². The molecule has 1 aromatic carbocycles. The Labute approximate surface area is 112 Å². The molecule has 1 fully saturated rings. The number of aliphatic hydroxyl groups is 1. The molecule has 1 aliphatic rings. The Morgan fingerprint density at radius 3 is 2.83 bits per heavy atom. The second-order valence-corrected chi connectivity index (χ2v) is 6.34. The van der Waals surface area contributed by atoms with Crippen molar-refractivity contribution in [2.45, 2.75) is 38.2 Å². The first-order valence-electron chi connectivity index (χ1n) is 6.37. The van der Waals surface area contributed by atoms with Crippen LogP contribution in [-0.2, 0) is 0 Å². The molecule has 3 atom stereocenters. The maximum atomic E-state index is 13.9. The first-order chi connectivity index (χ1) is 8.52. The number of benzene rings is 1. The van der Waals surface area contributed by atoms with Crippen molar-refractivity contribution >= 4 is 17.4 Å². The summed E-state index contributed by atoms with van der Waals surface area (Å²) in [7, 11) is 0. The average Bonchev–Trinajstić information content (AvgIpc) is 2.32. The third-order valence-electron chi connectivity index (χ3n) is 3.64. The third-order valence-corrected chi connectivity index (χ3v) is 4.98. The molecule has 4 heteroatoms. The molecule has 1 aliphatic heterocycles. The minimum atomic E-state index is -0.779. The number of rotatable bonds is 2. The topological polar surface area (TPSA) is 23.5 Å². The van der Waals surface area contributed by atoms with Crippen LogP contribution < -0.4 is 4.90 Å². The van der Waals surface area contributed by atoms with Crippen LogP contribution in [0.25, 0.3) is 0 Å². The molecule has 2 nitrogen and oxygen atoms in total. The van der Waals surface area contributed by atoms with Gasteiger partial charge >= 0.3 is 0 Å². The fraction of sp³-hybridized carbons (Fsp3) is 0.571. The van der Waals surface area contributed by atoms with Crippen LogP contribution in [0, 0.1) is 5.82 Å². The zero-order valence-corrected chi connectivity index (χ0v) is 11.9. The fourth-order valence-electron chi connectivity index (χ4n) is 2.46. The molecule has 0 aromatic heterocycles. The number of thioether (sulfide) groups is 1. The van der Waals surface area contributed by atoms with Crippen molar-refractivity contribution in [1.82, 2.24) is 0 Å². The highest BCUT2D eigenvalue weighted by molar-refractivity contribution is 8.00. The summed E-state index contributed by atoms with van der Waals surface area (Å²) in [6.07, 6.45) is -0.779. The first-order valence-corrected chi connectivity index (χ1v) is 7.42. The largest absolute Gasteiger partial charge is 0.389 e. The van der Waals surface area contributed by atoms with Crippen LogP contribution in [0.15, 0.2) is 18.2 Å². The minimum Gasteiger partial charge on any atom is -0.389 e. The normalized spacial score (nSPS) is 26.2. The van der Waals surface area contributed by atoms with Crippen molar-refractivity contribution < 1.29 is 9.50 Å². The predicted octanol–water partition coefficient (Wildman–Crippen LogP) is 3.21. The monoisotopic (exact) mass is 269 g/mol. The van der Waals surface area contributed by atoms with Crippen LogP contribution in [0.5, 0.6) is 0 Å². The lowest BCUT2D eigenvalue weighted by atomic mass is 10.0. The second-order valence-electron chi connectivity index (χ2n) is 4.86. The summed E-state index contributed by atoms with van der Waals surface area (Å²) in [6, 6.07) is 5.39. The van der Waals surface area contributed by atoms with E-state index >= 15 is 0 Å². The van der Waals surface area contributed by atoms with E-state index in [0.29, 0.717) is 16.9 Å². The van der Waals surface area contributed by atoms with E-state index in [4.69, 9.17) is 0 Å². The molecular weight excluding hydrogens is 249 g/mol. The number of anilines is 1. The van der Waals surface area contributed by atoms with Crippen molar-refractivity contribution in [3.05, 3.63) is 29.6 Å². The van der Waals surface area contributed by atoms with Gasteiger partial charge in [-0.2, -0.15) is 11.8 Å². The summed E-state index contributed by atoms with van der Waals surface area (Å²) in [6.45, 7) is 6.88. The average molecular weight is 269 g/mol. The van der Waals surface area contributed by atoms with Crippen LogP contribution >= 0.6 is 11.8 Å². The standard InChI is InChI=1S/C14H20FNOS/c1-9-11(3)18-8-7-16(9)13-6-4-5-12(15)14(13)10(2)17/h4-6,9-11,17H,7-8H2,1-3H3. The smallest absolute Gasteiger partial charge is 0.131 e. The van der Waals surface area contributed by atoms with Gasteiger partial charge < -0.3 is 10.0 Å². The highest BCUT2D eigenvalue weighted by Crippen LogP contribution is 2.34. The number of hydrogen-bond donors (Lipinski definition) is 1. The minimum absolute atomic E-state index is 0.319. The molecule has 0 amide bonds. The zero-order valence-electron chi connectivity index (χ0n) is 11.1. The van der Waals surface area contributed by atoms with Gasteiger partial charge in [-0.3, -0.25) is 0 Å². The molecule has 0 aliphatic carbocycles. The van der Waals surface area contributed by atoms with Gasteiger partial charge in [-0.25, -0.2) is 4.39 Å². The lowest BCUT2D eigenvalue weighted by Crippen LogP contribution is -2.45. The summed E-state index contributed by atoms with van der Waals surface area (Å²) in [5.41, 5.74) is 1.26. The van der Waals surface area contributed by atoms with Gasteiger partial charge in [0.1, 0.15) is 5.82 Å². The van der Waals surface area contributed by atoms with Gasteiger partial charge in [-0.15, -0.1) is 0 Å². The lowest BCUT2D eigenvalue weighted by molar-refractivity contribution is 0.194. The Morgan fingerprint density at radius 1 is 1.44 bits per heavy atom. The molecular formula is C14H20FNOS. The molecule has 0 bridgehead atoms. The van der Waals surface area contributed by atoms with Crippen LogP contribution in [0.4, 0.5) is 10.1 Å². The maximum absolute atomic E-state index is 13.9. The third kappa shape index (κ3) is 2.50. The predicted molar refractivity (Wildman–Crippen MR) is 75.8 cm³/mol. The van der Waals surface area contributed by atoms with Gasteiger partial charge in [0, 0.05) is 34.8 Å². The summed E-state index contributed by atoms with van der Waals surface area (Å²) in [5.74, 6) is 0.724. The molecule has 2 rings (SSSR count). The highest BCUT2D eigenvalue weighted by Gasteiger charge is 2.28. The van der Waals surface area contributed by atoms with Gasteiger partial charge in [-0.1, -0.05) is 13.0 Å². The Hall–Kier alpha value is -0.740. The van der Waals surface area contributed by atoms with E-state index in [1.807, 2.05) is 17.8 Å². The Bertz CT molecular complexity index is 424. The van der Waals surface area contributed by atoms with E-state index in [0.717, 1.165) is 18.0 Å². The number of aliphatic hydroxyl groups excluding tert-OH is 1. The van der Waals surface area contributed by atoms with Gasteiger partial charge in [0.15, 0.2) is 0 Å². The Morgan fingerprint density at radius 2 is 2.17 bits per heavy atom. The Balaban J connectivity index is 2.41. The van der Waals surface area contributed by atoms with E-state index in [2.05, 4.69) is 18.7 Å². The SMILES string of the molecule is CC(O)c1c(F)cccc1N1CCSC(C)C1C. The molecule has 18 heavy (non-hydrogen) atoms. The molecule has 0 saturated carbocycles. The molecule has 100 valence electrons. The van der Waals surface area contributed by atoms with E-state index in [-0.39, 0.29) is 5.82 Å². The van der Waals surface area contributed by atoms with Crippen molar-refractivity contribution in [2.24, 2.45) is 0 Å². The van der Waals surface area contributed by atoms with Gasteiger partial charge in [0.25, 0.3) is 0 Å². The van der Waals surface area contributed by atoms with Crippen molar-refractivity contribution in [2.75, 3.05) is 17.2 Å². The Kier molecular flexibility index (Phi) is 4.17. The summed E-state index contributed by atoms with van der Waals surface area (Å²) in [5, 5.41) is 10.3. The molecule has 1 aromatic rings. The van der Waals surface area contributed by atoms with Crippen molar-refractivity contribution in [3.8, 4) is 0 Å². The summed E-state index contributed by atoms with van der Waals surface area (Å²) in [4.78, 5) is 2.21. The van der Waals surface area contributed by atoms with Crippen molar-refractivity contribution in [1.29, 1.82) is 0 Å². The molecule has 3 unspecified atom stereocenters. The molecule has 1 heterocycles. The number of nitrogens with zero attached hydrogens (tertiary/aromatic N) is 1. The van der Waals surface area contributed by atoms with Gasteiger partial charge in [0.05, 0.1) is 6.10 Å². The first kappa shape index (κ1) is 13.7. The lowest BCUT2D eigenvalue weighted by Gasteiger charge is -2.40. The van der Waals surface area contributed by atoms with Gasteiger partial charge in [-0.05, 0) is 26.0 Å². The quantitative estimate of drug-likeness (QED) is 0.892. The zero-order chi connectivity index (χ0) is 13.3. The van der Waals surface area contributed by atoms with Crippen molar-refractivity contribution in [3.63, 3.8) is 0 Å². The fourth-order valence-corrected chi connectivity index (χ4v) is 3.56. The van der Waals surface area contributed by atoms with Crippen LogP contribution in [0.2, 0.25) is 0 Å².